The molecule has 0 bridgehead atoms. The topological polar surface area (TPSA) is 23.5 Å². The van der Waals surface area contributed by atoms with Crippen molar-refractivity contribution in [2.45, 2.75) is 51.1 Å². The highest BCUT2D eigenvalue weighted by Crippen LogP contribution is 2.32. The van der Waals surface area contributed by atoms with Gasteiger partial charge in [-0.1, -0.05) is 6.92 Å². The Labute approximate surface area is 80.9 Å². The molecule has 0 amide bonds. The van der Waals surface area contributed by atoms with Gasteiger partial charge in [0.05, 0.1) is 6.61 Å². The van der Waals surface area contributed by atoms with E-state index >= 15 is 0 Å². The van der Waals surface area contributed by atoms with Crippen molar-refractivity contribution >= 4 is 0 Å². The third-order valence-electron chi connectivity index (χ3n) is 3.77. The SMILES string of the molecule is CC1CCC(N2CCC[C@H]2CO)C1. The summed E-state index contributed by atoms with van der Waals surface area (Å²) < 4.78 is 0. The van der Waals surface area contributed by atoms with Crippen molar-refractivity contribution in [2.75, 3.05) is 13.2 Å². The molecule has 76 valence electrons. The van der Waals surface area contributed by atoms with Crippen LogP contribution >= 0.6 is 0 Å². The van der Waals surface area contributed by atoms with Crippen molar-refractivity contribution in [3.8, 4) is 0 Å². The van der Waals surface area contributed by atoms with Gasteiger partial charge >= 0.3 is 0 Å². The van der Waals surface area contributed by atoms with Gasteiger partial charge in [-0.05, 0) is 44.6 Å². The van der Waals surface area contributed by atoms with Crippen LogP contribution < -0.4 is 0 Å². The summed E-state index contributed by atoms with van der Waals surface area (Å²) in [7, 11) is 0. The Morgan fingerprint density at radius 3 is 2.77 bits per heavy atom. The number of aliphatic hydroxyl groups excluding tert-OH is 1. The van der Waals surface area contributed by atoms with E-state index in [2.05, 4.69) is 11.8 Å². The largest absolute Gasteiger partial charge is 0.395 e. The van der Waals surface area contributed by atoms with Crippen LogP contribution in [0.2, 0.25) is 0 Å². The highest BCUT2D eigenvalue weighted by atomic mass is 16.3. The molecule has 1 saturated carbocycles. The highest BCUT2D eigenvalue weighted by Gasteiger charge is 2.33. The Kier molecular flexibility index (Phi) is 2.89. The summed E-state index contributed by atoms with van der Waals surface area (Å²) >= 11 is 0. The summed E-state index contributed by atoms with van der Waals surface area (Å²) in [6, 6.07) is 1.27. The van der Waals surface area contributed by atoms with Gasteiger partial charge in [-0.25, -0.2) is 0 Å². The monoisotopic (exact) mass is 183 g/mol. The molecule has 2 rings (SSSR count). The van der Waals surface area contributed by atoms with Crippen molar-refractivity contribution in [1.29, 1.82) is 0 Å². The van der Waals surface area contributed by atoms with Crippen LogP contribution in [0, 0.1) is 5.92 Å². The van der Waals surface area contributed by atoms with Gasteiger partial charge < -0.3 is 5.11 Å². The van der Waals surface area contributed by atoms with Crippen molar-refractivity contribution in [3.05, 3.63) is 0 Å². The number of hydrogen-bond acceptors (Lipinski definition) is 2. The van der Waals surface area contributed by atoms with E-state index in [0.29, 0.717) is 12.6 Å². The molecule has 2 nitrogen and oxygen atoms in total. The maximum absolute atomic E-state index is 9.22. The lowest BCUT2D eigenvalue weighted by atomic mass is 10.1. The molecule has 0 aromatic carbocycles. The summed E-state index contributed by atoms with van der Waals surface area (Å²) in [5, 5.41) is 9.22. The standard InChI is InChI=1S/C11H21NO/c1-9-4-5-10(7-9)12-6-2-3-11(12)8-13/h9-11,13H,2-8H2,1H3/t9?,10?,11-/m0/s1. The second kappa shape index (κ2) is 3.97. The van der Waals surface area contributed by atoms with Crippen molar-refractivity contribution < 1.29 is 5.11 Å². The second-order valence-corrected chi connectivity index (χ2v) is 4.79. The molecule has 1 aliphatic carbocycles. The molecule has 2 aliphatic rings. The molecule has 13 heavy (non-hydrogen) atoms. The summed E-state index contributed by atoms with van der Waals surface area (Å²) in [6.45, 7) is 3.94. The van der Waals surface area contributed by atoms with E-state index in [9.17, 15) is 5.11 Å². The van der Waals surface area contributed by atoms with E-state index in [1.54, 1.807) is 0 Å². The highest BCUT2D eigenvalue weighted by molar-refractivity contribution is 4.88. The van der Waals surface area contributed by atoms with Gasteiger partial charge in [0.15, 0.2) is 0 Å². The molecule has 2 fully saturated rings. The average molecular weight is 183 g/mol. The van der Waals surface area contributed by atoms with E-state index in [-0.39, 0.29) is 0 Å². The quantitative estimate of drug-likeness (QED) is 0.703. The Balaban J connectivity index is 1.92. The Hall–Kier alpha value is -0.0800. The van der Waals surface area contributed by atoms with E-state index in [4.69, 9.17) is 0 Å². The molecule has 2 unspecified atom stereocenters. The Morgan fingerprint density at radius 2 is 2.15 bits per heavy atom. The molecule has 0 radical (unpaired) electrons. The molecule has 3 atom stereocenters. The van der Waals surface area contributed by atoms with Crippen molar-refractivity contribution in [2.24, 2.45) is 5.92 Å². The predicted molar refractivity (Wildman–Crippen MR) is 53.6 cm³/mol. The fourth-order valence-electron chi connectivity index (χ4n) is 3.01. The van der Waals surface area contributed by atoms with Gasteiger partial charge in [0.25, 0.3) is 0 Å². The smallest absolute Gasteiger partial charge is 0.0586 e. The fourth-order valence-corrected chi connectivity index (χ4v) is 3.01. The van der Waals surface area contributed by atoms with E-state index in [0.717, 1.165) is 12.0 Å². The molecule has 0 aromatic heterocycles. The minimum absolute atomic E-state index is 0.366. The van der Waals surface area contributed by atoms with E-state index in [1.165, 1.54) is 38.6 Å². The van der Waals surface area contributed by atoms with Gasteiger partial charge in [-0.2, -0.15) is 0 Å². The average Bonchev–Trinajstić information content (AvgIpc) is 2.71. The van der Waals surface area contributed by atoms with Crippen molar-refractivity contribution in [1.82, 2.24) is 4.90 Å². The number of hydrogen-bond donors (Lipinski definition) is 1. The molecule has 0 spiro atoms. The summed E-state index contributed by atoms with van der Waals surface area (Å²) in [6.07, 6.45) is 6.60. The van der Waals surface area contributed by atoms with E-state index in [1.807, 2.05) is 0 Å². The van der Waals surface area contributed by atoms with Gasteiger partial charge in [0.2, 0.25) is 0 Å². The minimum Gasteiger partial charge on any atom is -0.395 e. The number of nitrogens with zero attached hydrogens (tertiary/aromatic N) is 1. The van der Waals surface area contributed by atoms with Gasteiger partial charge in [0.1, 0.15) is 0 Å². The lowest BCUT2D eigenvalue weighted by Gasteiger charge is -2.29. The minimum atomic E-state index is 0.366. The molecule has 1 N–H and O–H groups in total. The first-order valence-corrected chi connectivity index (χ1v) is 5.68. The first-order chi connectivity index (χ1) is 6.31. The van der Waals surface area contributed by atoms with Crippen LogP contribution in [0.25, 0.3) is 0 Å². The zero-order valence-electron chi connectivity index (χ0n) is 8.58. The van der Waals surface area contributed by atoms with Crippen LogP contribution in [0.3, 0.4) is 0 Å². The fraction of sp³-hybridized carbons (Fsp3) is 1.00. The van der Waals surface area contributed by atoms with Crippen molar-refractivity contribution in [3.63, 3.8) is 0 Å². The number of aliphatic hydroxyl groups is 1. The van der Waals surface area contributed by atoms with Crippen LogP contribution in [0.15, 0.2) is 0 Å². The molecule has 2 heteroatoms. The van der Waals surface area contributed by atoms with Gasteiger partial charge in [0, 0.05) is 12.1 Å². The first-order valence-electron chi connectivity index (χ1n) is 5.68. The van der Waals surface area contributed by atoms with Crippen LogP contribution in [-0.2, 0) is 0 Å². The van der Waals surface area contributed by atoms with Gasteiger partial charge in [-0.3, -0.25) is 4.90 Å². The molecule has 0 aromatic rings. The predicted octanol–water partition coefficient (Wildman–Crippen LogP) is 1.63. The third-order valence-corrected chi connectivity index (χ3v) is 3.77. The number of rotatable bonds is 2. The molecule has 1 heterocycles. The second-order valence-electron chi connectivity index (χ2n) is 4.79. The maximum Gasteiger partial charge on any atom is 0.0586 e. The molecular weight excluding hydrogens is 162 g/mol. The third kappa shape index (κ3) is 1.89. The number of likely N-dealkylation sites (tertiary alicyclic amines) is 1. The zero-order chi connectivity index (χ0) is 9.26. The Bertz CT molecular complexity index is 171. The summed E-state index contributed by atoms with van der Waals surface area (Å²) in [5.41, 5.74) is 0. The van der Waals surface area contributed by atoms with E-state index < -0.39 is 0 Å². The zero-order valence-corrected chi connectivity index (χ0v) is 8.58. The first kappa shape index (κ1) is 9.47. The molecular formula is C11H21NO. The Morgan fingerprint density at radius 1 is 1.31 bits per heavy atom. The summed E-state index contributed by atoms with van der Waals surface area (Å²) in [5.74, 6) is 0.907. The normalized spacial score (nSPS) is 41.5. The van der Waals surface area contributed by atoms with Crippen LogP contribution in [-0.4, -0.2) is 35.2 Å². The summed E-state index contributed by atoms with van der Waals surface area (Å²) in [4.78, 5) is 2.56. The van der Waals surface area contributed by atoms with Crippen LogP contribution in [0.4, 0.5) is 0 Å². The van der Waals surface area contributed by atoms with Crippen LogP contribution in [0.1, 0.15) is 39.0 Å². The molecule has 1 saturated heterocycles. The lowest BCUT2D eigenvalue weighted by molar-refractivity contribution is 0.119. The molecule has 1 aliphatic heterocycles. The van der Waals surface area contributed by atoms with Crippen LogP contribution in [0.5, 0.6) is 0 Å². The lowest BCUT2D eigenvalue weighted by Crippen LogP contribution is -2.39. The van der Waals surface area contributed by atoms with Gasteiger partial charge in [-0.15, -0.1) is 0 Å². The maximum atomic E-state index is 9.22.